The molecule has 0 fully saturated rings. The third kappa shape index (κ3) is 2.08. The molecule has 0 saturated carbocycles. The smallest absolute Gasteiger partial charge is 0.356 e. The van der Waals surface area contributed by atoms with Crippen LogP contribution >= 0.6 is 22.6 Å². The van der Waals surface area contributed by atoms with Crippen molar-refractivity contribution in [1.29, 1.82) is 5.26 Å². The van der Waals surface area contributed by atoms with Crippen LogP contribution in [0.15, 0.2) is 24.3 Å². The lowest BCUT2D eigenvalue weighted by Crippen LogP contribution is -2.13. The summed E-state index contributed by atoms with van der Waals surface area (Å²) in [5, 5.41) is 9.87. The molecule has 1 heterocycles. The molecule has 0 aliphatic heterocycles. The largest absolute Gasteiger partial charge is 0.461 e. The van der Waals surface area contributed by atoms with Crippen molar-refractivity contribution in [1.82, 2.24) is 4.57 Å². The number of esters is 1. The van der Waals surface area contributed by atoms with Gasteiger partial charge in [0.05, 0.1) is 21.8 Å². The lowest BCUT2D eigenvalue weighted by Gasteiger charge is -2.06. The third-order valence-corrected chi connectivity index (χ3v) is 3.70. The molecule has 0 unspecified atom stereocenters. The second-order valence-electron chi connectivity index (χ2n) is 3.64. The molecule has 1 aromatic carbocycles. The van der Waals surface area contributed by atoms with Gasteiger partial charge in [0, 0.05) is 5.39 Å². The summed E-state index contributed by atoms with van der Waals surface area (Å²) in [4.78, 5) is 12.0. The standard InChI is InChI=1S/C13H11IN2O2/c1-2-18-13(17)12-11(14)9-5-3-4-6-10(9)16(12)8-7-15/h3-6H,2,8H2,1H3. The summed E-state index contributed by atoms with van der Waals surface area (Å²) in [5.74, 6) is -0.381. The van der Waals surface area contributed by atoms with Crippen molar-refractivity contribution >= 4 is 39.5 Å². The lowest BCUT2D eigenvalue weighted by atomic mass is 10.2. The topological polar surface area (TPSA) is 55.0 Å². The molecule has 4 nitrogen and oxygen atoms in total. The predicted octanol–water partition coefficient (Wildman–Crippen LogP) is 2.95. The maximum absolute atomic E-state index is 12.0. The van der Waals surface area contributed by atoms with Gasteiger partial charge < -0.3 is 9.30 Å². The number of benzene rings is 1. The van der Waals surface area contributed by atoms with E-state index in [0.29, 0.717) is 12.3 Å². The summed E-state index contributed by atoms with van der Waals surface area (Å²) in [5.41, 5.74) is 1.34. The van der Waals surface area contributed by atoms with Crippen molar-refractivity contribution < 1.29 is 9.53 Å². The van der Waals surface area contributed by atoms with Gasteiger partial charge in [-0.1, -0.05) is 18.2 Å². The Labute approximate surface area is 118 Å². The van der Waals surface area contributed by atoms with Gasteiger partial charge in [-0.15, -0.1) is 0 Å². The molecule has 0 aliphatic rings. The van der Waals surface area contributed by atoms with Crippen molar-refractivity contribution in [3.63, 3.8) is 0 Å². The fourth-order valence-corrected chi connectivity index (χ4v) is 2.86. The molecule has 0 N–H and O–H groups in total. The first-order valence-corrected chi connectivity index (χ1v) is 6.59. The number of carbonyl (C=O) groups excluding carboxylic acids is 1. The highest BCUT2D eigenvalue weighted by Crippen LogP contribution is 2.28. The van der Waals surface area contributed by atoms with E-state index in [1.54, 1.807) is 11.5 Å². The lowest BCUT2D eigenvalue weighted by molar-refractivity contribution is 0.0514. The Hall–Kier alpha value is -1.55. The van der Waals surface area contributed by atoms with Crippen LogP contribution in [0.4, 0.5) is 0 Å². The Morgan fingerprint density at radius 1 is 1.50 bits per heavy atom. The molecular weight excluding hydrogens is 343 g/mol. The number of nitrogens with zero attached hydrogens (tertiary/aromatic N) is 2. The number of aromatic nitrogens is 1. The molecular formula is C13H11IN2O2. The van der Waals surface area contributed by atoms with Crippen LogP contribution in [0.5, 0.6) is 0 Å². The summed E-state index contributed by atoms with van der Waals surface area (Å²) in [7, 11) is 0. The second-order valence-corrected chi connectivity index (χ2v) is 4.72. The van der Waals surface area contributed by atoms with Crippen molar-refractivity contribution in [2.45, 2.75) is 13.5 Å². The first-order valence-electron chi connectivity index (χ1n) is 5.51. The summed E-state index contributed by atoms with van der Waals surface area (Å²) in [6, 6.07) is 9.72. The molecule has 0 saturated heterocycles. The number of nitriles is 1. The Morgan fingerprint density at radius 3 is 2.89 bits per heavy atom. The number of hydrogen-bond acceptors (Lipinski definition) is 3. The fraction of sp³-hybridized carbons (Fsp3) is 0.231. The highest BCUT2D eigenvalue weighted by molar-refractivity contribution is 14.1. The molecule has 1 aromatic heterocycles. The number of halogens is 1. The highest BCUT2D eigenvalue weighted by Gasteiger charge is 2.21. The van der Waals surface area contributed by atoms with Crippen LogP contribution in [-0.2, 0) is 11.3 Å². The number of hydrogen-bond donors (Lipinski definition) is 0. The average Bonchev–Trinajstić information content (AvgIpc) is 2.65. The molecule has 18 heavy (non-hydrogen) atoms. The van der Waals surface area contributed by atoms with Crippen LogP contribution in [0.2, 0.25) is 0 Å². The maximum Gasteiger partial charge on any atom is 0.356 e. The maximum atomic E-state index is 12.0. The molecule has 0 spiro atoms. The zero-order chi connectivity index (χ0) is 13.1. The van der Waals surface area contributed by atoms with Crippen LogP contribution in [0.1, 0.15) is 17.4 Å². The van der Waals surface area contributed by atoms with Crippen LogP contribution in [0, 0.1) is 14.9 Å². The summed E-state index contributed by atoms with van der Waals surface area (Å²) in [6.45, 7) is 2.22. The van der Waals surface area contributed by atoms with Gasteiger partial charge in [0.1, 0.15) is 12.2 Å². The van der Waals surface area contributed by atoms with E-state index < -0.39 is 0 Å². The highest BCUT2D eigenvalue weighted by atomic mass is 127. The van der Waals surface area contributed by atoms with Crippen LogP contribution in [-0.4, -0.2) is 17.1 Å². The van der Waals surface area contributed by atoms with E-state index in [0.717, 1.165) is 14.5 Å². The van der Waals surface area contributed by atoms with Crippen LogP contribution in [0.3, 0.4) is 0 Å². The minimum Gasteiger partial charge on any atom is -0.461 e. The molecule has 5 heteroatoms. The quantitative estimate of drug-likeness (QED) is 0.629. The van der Waals surface area contributed by atoms with E-state index in [2.05, 4.69) is 28.7 Å². The number of ether oxygens (including phenoxy) is 1. The van der Waals surface area contributed by atoms with Gasteiger partial charge in [0.2, 0.25) is 0 Å². The molecule has 0 bridgehead atoms. The van der Waals surface area contributed by atoms with Gasteiger partial charge in [-0.2, -0.15) is 5.26 Å². The van der Waals surface area contributed by atoms with E-state index in [1.807, 2.05) is 24.3 Å². The fourth-order valence-electron chi connectivity index (χ4n) is 1.90. The van der Waals surface area contributed by atoms with Gasteiger partial charge in [0.25, 0.3) is 0 Å². The SMILES string of the molecule is CCOC(=O)c1c(I)c2ccccc2n1CC#N. The normalized spacial score (nSPS) is 10.3. The monoisotopic (exact) mass is 354 g/mol. The Morgan fingerprint density at radius 2 is 2.22 bits per heavy atom. The Kier molecular flexibility index (Phi) is 3.87. The van der Waals surface area contributed by atoms with E-state index in [9.17, 15) is 4.79 Å². The minimum absolute atomic E-state index is 0.137. The Bertz CT molecular complexity index is 640. The molecule has 0 atom stereocenters. The van der Waals surface area contributed by atoms with Gasteiger partial charge >= 0.3 is 5.97 Å². The van der Waals surface area contributed by atoms with E-state index in [-0.39, 0.29) is 12.5 Å². The molecule has 0 radical (unpaired) electrons. The Balaban J connectivity index is 2.70. The summed E-state index contributed by atoms with van der Waals surface area (Å²) in [6.07, 6.45) is 0. The second kappa shape index (κ2) is 5.40. The summed E-state index contributed by atoms with van der Waals surface area (Å²) >= 11 is 2.12. The molecule has 0 aliphatic carbocycles. The first kappa shape index (κ1) is 12.9. The number of fused-ring (bicyclic) bond motifs is 1. The van der Waals surface area contributed by atoms with Crippen LogP contribution < -0.4 is 0 Å². The molecule has 92 valence electrons. The molecule has 2 rings (SSSR count). The van der Waals surface area contributed by atoms with E-state index in [1.165, 1.54) is 0 Å². The van der Waals surface area contributed by atoms with Gasteiger partial charge in [-0.05, 0) is 35.6 Å². The van der Waals surface area contributed by atoms with Gasteiger partial charge in [0.15, 0.2) is 0 Å². The van der Waals surface area contributed by atoms with Crippen molar-refractivity contribution in [3.8, 4) is 6.07 Å². The number of rotatable bonds is 3. The van der Waals surface area contributed by atoms with Gasteiger partial charge in [-0.25, -0.2) is 4.79 Å². The molecule has 2 aromatic rings. The first-order chi connectivity index (χ1) is 8.70. The summed E-state index contributed by atoms with van der Waals surface area (Å²) < 4.78 is 7.59. The van der Waals surface area contributed by atoms with Gasteiger partial charge in [-0.3, -0.25) is 0 Å². The van der Waals surface area contributed by atoms with E-state index in [4.69, 9.17) is 10.00 Å². The third-order valence-electron chi connectivity index (χ3n) is 2.61. The predicted molar refractivity (Wildman–Crippen MR) is 76.2 cm³/mol. The van der Waals surface area contributed by atoms with E-state index >= 15 is 0 Å². The zero-order valence-corrected chi connectivity index (χ0v) is 12.0. The van der Waals surface area contributed by atoms with Crippen molar-refractivity contribution in [2.24, 2.45) is 0 Å². The van der Waals surface area contributed by atoms with Crippen molar-refractivity contribution in [2.75, 3.05) is 6.61 Å². The number of carbonyl (C=O) groups is 1. The van der Waals surface area contributed by atoms with Crippen LogP contribution in [0.25, 0.3) is 10.9 Å². The number of para-hydroxylation sites is 1. The minimum atomic E-state index is -0.381. The van der Waals surface area contributed by atoms with Crippen molar-refractivity contribution in [3.05, 3.63) is 33.5 Å². The average molecular weight is 354 g/mol. The zero-order valence-electron chi connectivity index (χ0n) is 9.81. The molecule has 0 amide bonds.